The Labute approximate surface area is 119 Å². The van der Waals surface area contributed by atoms with Crippen molar-refractivity contribution in [1.29, 1.82) is 0 Å². The highest BCUT2D eigenvalue weighted by molar-refractivity contribution is 5.57. The van der Waals surface area contributed by atoms with Crippen LogP contribution < -0.4 is 10.2 Å². The first-order valence-electron chi connectivity index (χ1n) is 7.64. The number of anilines is 1. The molecule has 0 aromatic heterocycles. The van der Waals surface area contributed by atoms with Gasteiger partial charge in [-0.3, -0.25) is 0 Å². The highest BCUT2D eigenvalue weighted by atomic mass is 19.1. The van der Waals surface area contributed by atoms with Crippen LogP contribution in [0, 0.1) is 5.82 Å². The summed E-state index contributed by atoms with van der Waals surface area (Å²) in [6.07, 6.45) is 3.80. The molecule has 2 saturated heterocycles. The summed E-state index contributed by atoms with van der Waals surface area (Å²) >= 11 is 0. The molecule has 0 saturated carbocycles. The number of aliphatic hydroxyl groups is 1. The fourth-order valence-electron chi connectivity index (χ4n) is 3.75. The number of hydrogen-bond donors (Lipinski definition) is 2. The van der Waals surface area contributed by atoms with Gasteiger partial charge in [0.1, 0.15) is 5.82 Å². The van der Waals surface area contributed by atoms with Crippen LogP contribution in [0.25, 0.3) is 0 Å². The van der Waals surface area contributed by atoms with Crippen molar-refractivity contribution in [3.63, 3.8) is 0 Å². The van der Waals surface area contributed by atoms with Gasteiger partial charge in [0.15, 0.2) is 0 Å². The topological polar surface area (TPSA) is 35.5 Å². The van der Waals surface area contributed by atoms with E-state index in [4.69, 9.17) is 0 Å². The summed E-state index contributed by atoms with van der Waals surface area (Å²) in [7, 11) is 0. The van der Waals surface area contributed by atoms with Crippen LogP contribution in [-0.2, 0) is 6.54 Å². The summed E-state index contributed by atoms with van der Waals surface area (Å²) in [6, 6.07) is 5.92. The number of nitrogens with one attached hydrogen (secondary N) is 1. The number of halogens is 1. The quantitative estimate of drug-likeness (QED) is 0.888. The zero-order valence-corrected chi connectivity index (χ0v) is 12.0. The maximum atomic E-state index is 13.5. The van der Waals surface area contributed by atoms with Crippen molar-refractivity contribution in [3.8, 4) is 0 Å². The number of fused-ring (bicyclic) bond motifs is 2. The van der Waals surface area contributed by atoms with Crippen molar-refractivity contribution in [2.75, 3.05) is 11.4 Å². The lowest BCUT2D eigenvalue weighted by Crippen LogP contribution is -2.45. The molecule has 2 aliphatic rings. The molecule has 110 valence electrons. The first kappa shape index (κ1) is 13.8. The second-order valence-corrected chi connectivity index (χ2v) is 5.97. The second-order valence-electron chi connectivity index (χ2n) is 5.97. The maximum Gasteiger partial charge on any atom is 0.123 e. The molecule has 2 aliphatic heterocycles. The van der Waals surface area contributed by atoms with Gasteiger partial charge < -0.3 is 15.3 Å². The highest BCUT2D eigenvalue weighted by Crippen LogP contribution is 2.40. The van der Waals surface area contributed by atoms with Gasteiger partial charge in [0.25, 0.3) is 0 Å². The van der Waals surface area contributed by atoms with Gasteiger partial charge in [0.05, 0.1) is 6.10 Å². The molecule has 0 amide bonds. The predicted molar refractivity (Wildman–Crippen MR) is 78.3 cm³/mol. The summed E-state index contributed by atoms with van der Waals surface area (Å²) in [5.74, 6) is -0.175. The monoisotopic (exact) mass is 278 g/mol. The highest BCUT2D eigenvalue weighted by Gasteiger charge is 2.40. The summed E-state index contributed by atoms with van der Waals surface area (Å²) in [5, 5.41) is 13.2. The Balaban J connectivity index is 1.90. The smallest absolute Gasteiger partial charge is 0.123 e. The van der Waals surface area contributed by atoms with Gasteiger partial charge in [-0.15, -0.1) is 0 Å². The lowest BCUT2D eigenvalue weighted by molar-refractivity contribution is 0.126. The third-order valence-corrected chi connectivity index (χ3v) is 4.59. The molecule has 1 aromatic rings. The van der Waals surface area contributed by atoms with E-state index < -0.39 is 0 Å². The minimum Gasteiger partial charge on any atom is -0.393 e. The van der Waals surface area contributed by atoms with Gasteiger partial charge in [-0.2, -0.15) is 0 Å². The Bertz CT molecular complexity index is 466. The molecule has 3 rings (SSSR count). The Hall–Kier alpha value is -1.13. The largest absolute Gasteiger partial charge is 0.393 e. The molecule has 2 bridgehead atoms. The molecular formula is C16H23FN2O. The molecule has 3 nitrogen and oxygen atoms in total. The molecule has 20 heavy (non-hydrogen) atoms. The number of piperidine rings is 1. The average Bonchev–Trinajstić information content (AvgIpc) is 2.68. The van der Waals surface area contributed by atoms with Crippen LogP contribution >= 0.6 is 0 Å². The molecule has 2 atom stereocenters. The van der Waals surface area contributed by atoms with E-state index in [1.807, 2.05) is 6.07 Å². The summed E-state index contributed by atoms with van der Waals surface area (Å²) in [4.78, 5) is 2.43. The van der Waals surface area contributed by atoms with E-state index in [1.54, 1.807) is 12.1 Å². The van der Waals surface area contributed by atoms with Crippen LogP contribution in [0.3, 0.4) is 0 Å². The SMILES string of the molecule is CCNCc1cc(F)ccc1N1C2CCC1CC(O)C2. The fourth-order valence-corrected chi connectivity index (χ4v) is 3.75. The molecule has 0 aliphatic carbocycles. The van der Waals surface area contributed by atoms with Crippen LogP contribution in [0.1, 0.15) is 38.2 Å². The van der Waals surface area contributed by atoms with E-state index in [0.29, 0.717) is 18.6 Å². The normalized spacial score (nSPS) is 28.9. The lowest BCUT2D eigenvalue weighted by Gasteiger charge is -2.40. The third kappa shape index (κ3) is 2.54. The first-order valence-corrected chi connectivity index (χ1v) is 7.64. The van der Waals surface area contributed by atoms with Crippen LogP contribution in [0.15, 0.2) is 18.2 Å². The van der Waals surface area contributed by atoms with Gasteiger partial charge >= 0.3 is 0 Å². The molecule has 1 aromatic carbocycles. The Morgan fingerprint density at radius 2 is 2.00 bits per heavy atom. The molecule has 0 spiro atoms. The standard InChI is InChI=1S/C16H23FN2O/c1-2-18-10-11-7-12(17)3-6-16(11)19-13-4-5-14(19)9-15(20)8-13/h3,6-7,13-15,18,20H,2,4-5,8-10H2,1H3. The van der Waals surface area contributed by atoms with Gasteiger partial charge in [-0.25, -0.2) is 4.39 Å². The number of hydrogen-bond acceptors (Lipinski definition) is 3. The Morgan fingerprint density at radius 1 is 1.30 bits per heavy atom. The maximum absolute atomic E-state index is 13.5. The van der Waals surface area contributed by atoms with Crippen LogP contribution in [0.4, 0.5) is 10.1 Å². The summed E-state index contributed by atoms with van der Waals surface area (Å²) < 4.78 is 13.5. The number of benzene rings is 1. The zero-order chi connectivity index (χ0) is 14.1. The predicted octanol–water partition coefficient (Wildman–Crippen LogP) is 2.43. The van der Waals surface area contributed by atoms with Gasteiger partial charge in [0.2, 0.25) is 0 Å². The summed E-state index contributed by atoms with van der Waals surface area (Å²) in [6.45, 7) is 3.63. The zero-order valence-electron chi connectivity index (χ0n) is 12.0. The van der Waals surface area contributed by atoms with Crippen molar-refractivity contribution >= 4 is 5.69 Å². The van der Waals surface area contributed by atoms with Gasteiger partial charge in [-0.05, 0) is 56.0 Å². The van der Waals surface area contributed by atoms with E-state index in [9.17, 15) is 9.50 Å². The van der Waals surface area contributed by atoms with Gasteiger partial charge in [0, 0.05) is 24.3 Å². The molecule has 2 unspecified atom stereocenters. The minimum absolute atomic E-state index is 0.165. The Kier molecular flexibility index (Phi) is 3.94. The van der Waals surface area contributed by atoms with E-state index in [1.165, 1.54) is 0 Å². The third-order valence-electron chi connectivity index (χ3n) is 4.59. The average molecular weight is 278 g/mol. The molecule has 4 heteroatoms. The van der Waals surface area contributed by atoms with Crippen LogP contribution in [-0.4, -0.2) is 29.8 Å². The molecular weight excluding hydrogens is 255 g/mol. The lowest BCUT2D eigenvalue weighted by atomic mass is 9.97. The van der Waals surface area contributed by atoms with Crippen molar-refractivity contribution in [1.82, 2.24) is 5.32 Å². The number of aliphatic hydroxyl groups excluding tert-OH is 1. The van der Waals surface area contributed by atoms with Crippen LogP contribution in [0.5, 0.6) is 0 Å². The van der Waals surface area contributed by atoms with Crippen molar-refractivity contribution in [3.05, 3.63) is 29.6 Å². The first-order chi connectivity index (χ1) is 9.69. The van der Waals surface area contributed by atoms with Crippen LogP contribution in [0.2, 0.25) is 0 Å². The number of nitrogens with zero attached hydrogens (tertiary/aromatic N) is 1. The second kappa shape index (κ2) is 5.70. The summed E-state index contributed by atoms with van der Waals surface area (Å²) in [5.41, 5.74) is 2.17. The molecule has 0 radical (unpaired) electrons. The molecule has 2 heterocycles. The van der Waals surface area contributed by atoms with E-state index in [0.717, 1.165) is 43.5 Å². The van der Waals surface area contributed by atoms with E-state index in [-0.39, 0.29) is 11.9 Å². The van der Waals surface area contributed by atoms with Gasteiger partial charge in [-0.1, -0.05) is 6.92 Å². The van der Waals surface area contributed by atoms with Crippen molar-refractivity contribution in [2.24, 2.45) is 0 Å². The van der Waals surface area contributed by atoms with Crippen molar-refractivity contribution in [2.45, 2.75) is 57.3 Å². The van der Waals surface area contributed by atoms with E-state index in [2.05, 4.69) is 17.1 Å². The fraction of sp³-hybridized carbons (Fsp3) is 0.625. The minimum atomic E-state index is -0.175. The Morgan fingerprint density at radius 3 is 2.65 bits per heavy atom. The molecule has 2 N–H and O–H groups in total. The number of rotatable bonds is 4. The van der Waals surface area contributed by atoms with E-state index >= 15 is 0 Å². The van der Waals surface area contributed by atoms with Crippen molar-refractivity contribution < 1.29 is 9.50 Å². The molecule has 2 fully saturated rings.